The van der Waals surface area contributed by atoms with Gasteiger partial charge in [-0.3, -0.25) is 9.89 Å². The summed E-state index contributed by atoms with van der Waals surface area (Å²) in [6, 6.07) is 11.3. The van der Waals surface area contributed by atoms with Crippen LogP contribution >= 0.6 is 0 Å². The third-order valence-corrected chi connectivity index (χ3v) is 7.46. The molecule has 6 rings (SSSR count). The van der Waals surface area contributed by atoms with Gasteiger partial charge >= 0.3 is 0 Å². The van der Waals surface area contributed by atoms with E-state index < -0.39 is 0 Å². The number of nitrogens with zero attached hydrogens (tertiary/aromatic N) is 3. The number of hydrogen-bond acceptors (Lipinski definition) is 4. The Morgan fingerprint density at radius 2 is 1.96 bits per heavy atom. The lowest BCUT2D eigenvalue weighted by Crippen LogP contribution is -2.61. The predicted molar refractivity (Wildman–Crippen MR) is 101 cm³/mol. The number of fused-ring (bicyclic) bond motifs is 2. The SMILES string of the molecule is N#Cc1ccc(C2C3CCC(CC3N3CCOCC3)C23CCC=N3)cc1. The van der Waals surface area contributed by atoms with E-state index in [1.165, 1.54) is 31.2 Å². The zero-order valence-electron chi connectivity index (χ0n) is 15.3. The van der Waals surface area contributed by atoms with Crippen molar-refractivity contribution in [3.8, 4) is 6.07 Å². The summed E-state index contributed by atoms with van der Waals surface area (Å²) in [6.07, 6.45) is 8.45. The number of rotatable bonds is 2. The molecule has 3 saturated carbocycles. The summed E-state index contributed by atoms with van der Waals surface area (Å²) in [5, 5.41) is 9.17. The highest BCUT2D eigenvalue weighted by atomic mass is 16.5. The van der Waals surface area contributed by atoms with E-state index in [1.807, 2.05) is 12.1 Å². The van der Waals surface area contributed by atoms with Gasteiger partial charge in [0.15, 0.2) is 0 Å². The van der Waals surface area contributed by atoms with Gasteiger partial charge in [0.2, 0.25) is 0 Å². The molecule has 1 aromatic rings. The molecule has 5 atom stereocenters. The lowest BCUT2D eigenvalue weighted by atomic mass is 9.50. The van der Waals surface area contributed by atoms with Gasteiger partial charge in [-0.05, 0) is 67.9 Å². The van der Waals surface area contributed by atoms with Crippen LogP contribution in [0.1, 0.15) is 49.1 Å². The fourth-order valence-corrected chi connectivity index (χ4v) is 6.41. The fourth-order valence-electron chi connectivity index (χ4n) is 6.41. The highest BCUT2D eigenvalue weighted by molar-refractivity contribution is 5.62. The van der Waals surface area contributed by atoms with Gasteiger partial charge in [0.05, 0.1) is 30.4 Å². The maximum atomic E-state index is 9.17. The first-order valence-corrected chi connectivity index (χ1v) is 10.2. The van der Waals surface area contributed by atoms with Crippen molar-refractivity contribution < 1.29 is 4.74 Å². The molecule has 2 bridgehead atoms. The Hall–Kier alpha value is -1.70. The average Bonchev–Trinajstić information content (AvgIpc) is 3.19. The molecule has 4 heteroatoms. The Kier molecular flexibility index (Phi) is 4.10. The quantitative estimate of drug-likeness (QED) is 0.822. The Morgan fingerprint density at radius 3 is 2.65 bits per heavy atom. The van der Waals surface area contributed by atoms with Gasteiger partial charge in [-0.15, -0.1) is 0 Å². The van der Waals surface area contributed by atoms with Crippen molar-refractivity contribution in [2.45, 2.75) is 49.6 Å². The van der Waals surface area contributed by atoms with Gasteiger partial charge in [-0.2, -0.15) is 5.26 Å². The van der Waals surface area contributed by atoms with Gasteiger partial charge < -0.3 is 4.74 Å². The summed E-state index contributed by atoms with van der Waals surface area (Å²) >= 11 is 0. The lowest BCUT2D eigenvalue weighted by molar-refractivity contribution is -0.0672. The minimum atomic E-state index is 0.111. The summed E-state index contributed by atoms with van der Waals surface area (Å²) in [4.78, 5) is 7.85. The van der Waals surface area contributed by atoms with E-state index in [9.17, 15) is 0 Å². The first-order chi connectivity index (χ1) is 12.8. The second-order valence-corrected chi connectivity index (χ2v) is 8.44. The van der Waals surface area contributed by atoms with Crippen LogP contribution in [-0.4, -0.2) is 49.0 Å². The minimum Gasteiger partial charge on any atom is -0.379 e. The molecular formula is C22H27N3O. The van der Waals surface area contributed by atoms with Gasteiger partial charge in [0.1, 0.15) is 0 Å². The summed E-state index contributed by atoms with van der Waals surface area (Å²) in [6.45, 7) is 3.89. The molecule has 3 aliphatic carbocycles. The maximum absolute atomic E-state index is 9.17. The Balaban J connectivity index is 1.53. The van der Waals surface area contributed by atoms with Crippen molar-refractivity contribution in [1.29, 1.82) is 5.26 Å². The van der Waals surface area contributed by atoms with Crippen molar-refractivity contribution in [1.82, 2.24) is 4.90 Å². The third-order valence-electron chi connectivity index (χ3n) is 7.46. The third kappa shape index (κ3) is 2.45. The molecule has 26 heavy (non-hydrogen) atoms. The van der Waals surface area contributed by atoms with Crippen molar-refractivity contribution in [2.75, 3.05) is 26.3 Å². The number of hydrogen-bond donors (Lipinski definition) is 0. The fraction of sp³-hybridized carbons (Fsp3) is 0.636. The van der Waals surface area contributed by atoms with E-state index in [0.29, 0.717) is 23.8 Å². The largest absolute Gasteiger partial charge is 0.379 e. The van der Waals surface area contributed by atoms with E-state index in [1.54, 1.807) is 0 Å². The molecule has 4 fully saturated rings. The normalized spacial score (nSPS) is 39.3. The minimum absolute atomic E-state index is 0.111. The van der Waals surface area contributed by atoms with Crippen LogP contribution in [0.15, 0.2) is 29.3 Å². The second kappa shape index (κ2) is 6.48. The van der Waals surface area contributed by atoms with Gasteiger partial charge in [0, 0.05) is 25.0 Å². The smallest absolute Gasteiger partial charge is 0.0991 e. The van der Waals surface area contributed by atoms with E-state index in [4.69, 9.17) is 15.0 Å². The van der Waals surface area contributed by atoms with E-state index >= 15 is 0 Å². The maximum Gasteiger partial charge on any atom is 0.0991 e. The van der Waals surface area contributed by atoms with Crippen LogP contribution in [0.25, 0.3) is 0 Å². The molecule has 0 radical (unpaired) electrons. The van der Waals surface area contributed by atoms with Crippen LogP contribution in [0.2, 0.25) is 0 Å². The molecular weight excluding hydrogens is 322 g/mol. The molecule has 0 aromatic heterocycles. The van der Waals surface area contributed by atoms with E-state index in [0.717, 1.165) is 38.3 Å². The molecule has 136 valence electrons. The number of nitriles is 1. The standard InChI is InChI=1S/C22H27N3O/c23-15-16-2-4-17(5-3-16)21-19-7-6-18(22(21)8-1-9-24-22)14-20(19)25-10-12-26-13-11-25/h2-5,9,18-21H,1,6-8,10-14H2. The zero-order valence-corrected chi connectivity index (χ0v) is 15.3. The zero-order chi connectivity index (χ0) is 17.6. The topological polar surface area (TPSA) is 48.6 Å². The van der Waals surface area contributed by atoms with Crippen molar-refractivity contribution in [3.05, 3.63) is 35.4 Å². The molecule has 2 heterocycles. The van der Waals surface area contributed by atoms with Crippen molar-refractivity contribution >= 4 is 6.21 Å². The number of ether oxygens (including phenoxy) is 1. The molecule has 2 aliphatic heterocycles. The highest BCUT2D eigenvalue weighted by Crippen LogP contribution is 2.61. The molecule has 0 amide bonds. The van der Waals surface area contributed by atoms with Gasteiger partial charge in [-0.25, -0.2) is 0 Å². The van der Waals surface area contributed by atoms with Crippen molar-refractivity contribution in [3.63, 3.8) is 0 Å². The predicted octanol–water partition coefficient (Wildman–Crippen LogP) is 3.38. The van der Waals surface area contributed by atoms with Crippen LogP contribution in [0.4, 0.5) is 0 Å². The van der Waals surface area contributed by atoms with Crippen LogP contribution in [0, 0.1) is 23.2 Å². The van der Waals surface area contributed by atoms with Crippen LogP contribution in [0.5, 0.6) is 0 Å². The van der Waals surface area contributed by atoms with Gasteiger partial charge in [-0.1, -0.05) is 12.1 Å². The van der Waals surface area contributed by atoms with Crippen LogP contribution in [-0.2, 0) is 4.74 Å². The Morgan fingerprint density at radius 1 is 1.15 bits per heavy atom. The summed E-state index contributed by atoms with van der Waals surface area (Å²) in [5.41, 5.74) is 2.26. The monoisotopic (exact) mass is 349 g/mol. The molecule has 1 spiro atoms. The number of aliphatic imine (C=N–C) groups is 1. The molecule has 1 saturated heterocycles. The first kappa shape index (κ1) is 16.5. The molecule has 4 nitrogen and oxygen atoms in total. The molecule has 5 aliphatic rings. The van der Waals surface area contributed by atoms with E-state index in [2.05, 4.69) is 29.3 Å². The number of morpholine rings is 1. The second-order valence-electron chi connectivity index (χ2n) is 8.44. The molecule has 0 N–H and O–H groups in total. The van der Waals surface area contributed by atoms with Gasteiger partial charge in [0.25, 0.3) is 0 Å². The number of benzene rings is 1. The summed E-state index contributed by atoms with van der Waals surface area (Å²) in [5.74, 6) is 1.86. The van der Waals surface area contributed by atoms with E-state index in [-0.39, 0.29) is 5.54 Å². The van der Waals surface area contributed by atoms with Crippen LogP contribution < -0.4 is 0 Å². The Labute approximate surface area is 155 Å². The van der Waals surface area contributed by atoms with Crippen LogP contribution in [0.3, 0.4) is 0 Å². The highest BCUT2D eigenvalue weighted by Gasteiger charge is 2.59. The summed E-state index contributed by atoms with van der Waals surface area (Å²) in [7, 11) is 0. The lowest BCUT2D eigenvalue weighted by Gasteiger charge is -2.60. The first-order valence-electron chi connectivity index (χ1n) is 10.2. The summed E-state index contributed by atoms with van der Waals surface area (Å²) < 4.78 is 5.61. The Bertz CT molecular complexity index is 731. The molecule has 1 aromatic carbocycles. The average molecular weight is 349 g/mol. The van der Waals surface area contributed by atoms with Crippen molar-refractivity contribution in [2.24, 2.45) is 16.8 Å². The molecule has 5 unspecified atom stereocenters.